The van der Waals surface area contributed by atoms with E-state index in [1.165, 1.54) is 24.2 Å². The number of carbonyl (C=O) groups is 1. The van der Waals surface area contributed by atoms with Gasteiger partial charge in [0.15, 0.2) is 0 Å². The van der Waals surface area contributed by atoms with Crippen LogP contribution in [0.2, 0.25) is 0 Å². The Balaban J connectivity index is 2.06. The van der Waals surface area contributed by atoms with Crippen LogP contribution in [0, 0.1) is 6.92 Å². The number of thiazole rings is 1. The molecule has 0 bridgehead atoms. The van der Waals surface area contributed by atoms with E-state index in [4.69, 9.17) is 0 Å². The third-order valence-electron chi connectivity index (χ3n) is 3.04. The summed E-state index contributed by atoms with van der Waals surface area (Å²) in [6.07, 6.45) is 6.21. The lowest BCUT2D eigenvalue weighted by Crippen LogP contribution is -2.47. The van der Waals surface area contributed by atoms with Gasteiger partial charge < -0.3 is 5.32 Å². The fourth-order valence-electron chi connectivity index (χ4n) is 2.11. The second-order valence-corrected chi connectivity index (χ2v) is 6.11. The molecule has 1 aromatic rings. The highest BCUT2D eigenvalue weighted by Crippen LogP contribution is 2.31. The minimum atomic E-state index is -0.0328. The number of rotatable bonds is 3. The molecule has 2 rings (SSSR count). The fraction of sp³-hybridized carbons (Fsp3) is 0.636. The number of halogens is 1. The molecule has 1 aromatic heterocycles. The summed E-state index contributed by atoms with van der Waals surface area (Å²) >= 11 is 4.96. The topological polar surface area (TPSA) is 42.0 Å². The zero-order valence-electron chi connectivity index (χ0n) is 9.25. The van der Waals surface area contributed by atoms with Crippen LogP contribution >= 0.6 is 27.3 Å². The molecule has 0 spiro atoms. The first-order chi connectivity index (χ1) is 7.65. The van der Waals surface area contributed by atoms with Crippen LogP contribution in [0.4, 0.5) is 0 Å². The number of amides is 1. The number of carbonyl (C=O) groups excluding carboxylic acids is 1. The van der Waals surface area contributed by atoms with E-state index in [1.807, 2.05) is 6.92 Å². The van der Waals surface area contributed by atoms with E-state index in [9.17, 15) is 4.79 Å². The summed E-state index contributed by atoms with van der Waals surface area (Å²) < 4.78 is 0. The van der Waals surface area contributed by atoms with Crippen molar-refractivity contribution in [3.8, 4) is 0 Å². The molecule has 0 saturated heterocycles. The van der Waals surface area contributed by atoms with E-state index in [1.54, 1.807) is 6.20 Å². The number of alkyl halides is 1. The van der Waals surface area contributed by atoms with Crippen LogP contribution in [0.25, 0.3) is 0 Å². The normalized spacial score (nSPS) is 18.6. The van der Waals surface area contributed by atoms with Gasteiger partial charge in [0, 0.05) is 5.33 Å². The van der Waals surface area contributed by atoms with E-state index >= 15 is 0 Å². The fourth-order valence-corrected chi connectivity index (χ4v) is 3.49. The molecule has 0 aliphatic heterocycles. The standard InChI is InChI=1S/C11H15BrN2OS/c1-8-13-6-9(16-8)10(15)14-11(7-12)4-2-3-5-11/h6H,2-5,7H2,1H3,(H,14,15). The molecule has 16 heavy (non-hydrogen) atoms. The van der Waals surface area contributed by atoms with Gasteiger partial charge in [-0.15, -0.1) is 11.3 Å². The molecule has 0 aromatic carbocycles. The quantitative estimate of drug-likeness (QED) is 0.872. The minimum absolute atomic E-state index is 0.0203. The van der Waals surface area contributed by atoms with Crippen LogP contribution in [0.3, 0.4) is 0 Å². The van der Waals surface area contributed by atoms with Crippen molar-refractivity contribution in [2.24, 2.45) is 0 Å². The van der Waals surface area contributed by atoms with E-state index < -0.39 is 0 Å². The summed E-state index contributed by atoms with van der Waals surface area (Å²) in [5.41, 5.74) is -0.0328. The maximum Gasteiger partial charge on any atom is 0.263 e. The van der Waals surface area contributed by atoms with Gasteiger partial charge in [-0.2, -0.15) is 0 Å². The molecular weight excluding hydrogens is 288 g/mol. The van der Waals surface area contributed by atoms with Crippen LogP contribution in [0.15, 0.2) is 6.20 Å². The zero-order valence-corrected chi connectivity index (χ0v) is 11.7. The molecular formula is C11H15BrN2OS. The van der Waals surface area contributed by atoms with Gasteiger partial charge >= 0.3 is 0 Å². The lowest BCUT2D eigenvalue weighted by atomic mass is 10.0. The molecule has 0 radical (unpaired) electrons. The van der Waals surface area contributed by atoms with E-state index in [-0.39, 0.29) is 11.4 Å². The molecule has 88 valence electrons. The van der Waals surface area contributed by atoms with Gasteiger partial charge in [-0.05, 0) is 19.8 Å². The highest BCUT2D eigenvalue weighted by atomic mass is 79.9. The number of aryl methyl sites for hydroxylation is 1. The largest absolute Gasteiger partial charge is 0.345 e. The predicted molar refractivity (Wildman–Crippen MR) is 69.3 cm³/mol. The van der Waals surface area contributed by atoms with Crippen LogP contribution in [0.5, 0.6) is 0 Å². The third kappa shape index (κ3) is 2.46. The van der Waals surface area contributed by atoms with Crippen molar-refractivity contribution in [3.63, 3.8) is 0 Å². The average molecular weight is 303 g/mol. The summed E-state index contributed by atoms with van der Waals surface area (Å²) in [6, 6.07) is 0. The molecule has 1 N–H and O–H groups in total. The Morgan fingerprint density at radius 3 is 2.81 bits per heavy atom. The van der Waals surface area contributed by atoms with Crippen LogP contribution in [-0.4, -0.2) is 21.8 Å². The summed E-state index contributed by atoms with van der Waals surface area (Å²) in [6.45, 7) is 1.91. The summed E-state index contributed by atoms with van der Waals surface area (Å²) in [7, 11) is 0. The highest BCUT2D eigenvalue weighted by molar-refractivity contribution is 9.09. The van der Waals surface area contributed by atoms with Gasteiger partial charge in [0.25, 0.3) is 5.91 Å². The van der Waals surface area contributed by atoms with Crippen molar-refractivity contribution in [1.29, 1.82) is 0 Å². The minimum Gasteiger partial charge on any atom is -0.345 e. The average Bonchev–Trinajstić information content (AvgIpc) is 2.88. The Kier molecular flexibility index (Phi) is 3.64. The second kappa shape index (κ2) is 4.84. The van der Waals surface area contributed by atoms with E-state index in [0.717, 1.165) is 23.2 Å². The van der Waals surface area contributed by atoms with Crippen molar-refractivity contribution in [2.75, 3.05) is 5.33 Å². The molecule has 0 atom stereocenters. The van der Waals surface area contributed by atoms with Crippen molar-refractivity contribution in [2.45, 2.75) is 38.1 Å². The summed E-state index contributed by atoms with van der Waals surface area (Å²) in [4.78, 5) is 16.8. The Labute approximate surface area is 108 Å². The Hall–Kier alpha value is -0.420. The van der Waals surface area contributed by atoms with Crippen LogP contribution < -0.4 is 5.32 Å². The first-order valence-corrected chi connectivity index (χ1v) is 7.40. The lowest BCUT2D eigenvalue weighted by Gasteiger charge is -2.27. The Morgan fingerprint density at radius 1 is 1.62 bits per heavy atom. The number of aromatic nitrogens is 1. The molecule has 0 unspecified atom stereocenters. The van der Waals surface area contributed by atoms with Crippen molar-refractivity contribution < 1.29 is 4.79 Å². The Bertz CT molecular complexity index is 385. The van der Waals surface area contributed by atoms with Gasteiger partial charge in [-0.3, -0.25) is 4.79 Å². The zero-order chi connectivity index (χ0) is 11.6. The first kappa shape index (κ1) is 12.0. The molecule has 1 saturated carbocycles. The maximum absolute atomic E-state index is 12.0. The third-order valence-corrected chi connectivity index (χ3v) is 5.03. The summed E-state index contributed by atoms with van der Waals surface area (Å²) in [5.74, 6) is 0.0203. The van der Waals surface area contributed by atoms with Crippen molar-refractivity contribution in [1.82, 2.24) is 10.3 Å². The van der Waals surface area contributed by atoms with Gasteiger partial charge in [0.05, 0.1) is 16.7 Å². The molecule has 1 fully saturated rings. The van der Waals surface area contributed by atoms with Gasteiger partial charge in [-0.25, -0.2) is 4.98 Å². The van der Waals surface area contributed by atoms with E-state index in [2.05, 4.69) is 26.2 Å². The predicted octanol–water partition coefficient (Wildman–Crippen LogP) is 2.89. The molecule has 1 aliphatic carbocycles. The smallest absolute Gasteiger partial charge is 0.263 e. The monoisotopic (exact) mass is 302 g/mol. The lowest BCUT2D eigenvalue weighted by molar-refractivity contribution is 0.0914. The van der Waals surface area contributed by atoms with Crippen LogP contribution in [0.1, 0.15) is 40.4 Å². The van der Waals surface area contributed by atoms with Gasteiger partial charge in [0.1, 0.15) is 4.88 Å². The Morgan fingerprint density at radius 2 is 2.31 bits per heavy atom. The number of hydrogen-bond donors (Lipinski definition) is 1. The number of nitrogens with one attached hydrogen (secondary N) is 1. The van der Waals surface area contributed by atoms with Crippen molar-refractivity contribution >= 4 is 33.2 Å². The number of nitrogens with zero attached hydrogens (tertiary/aromatic N) is 1. The molecule has 5 heteroatoms. The van der Waals surface area contributed by atoms with Crippen molar-refractivity contribution in [3.05, 3.63) is 16.1 Å². The molecule has 1 amide bonds. The van der Waals surface area contributed by atoms with Crippen LogP contribution in [-0.2, 0) is 0 Å². The van der Waals surface area contributed by atoms with Gasteiger partial charge in [-0.1, -0.05) is 28.8 Å². The highest BCUT2D eigenvalue weighted by Gasteiger charge is 2.34. The maximum atomic E-state index is 12.0. The second-order valence-electron chi connectivity index (χ2n) is 4.32. The number of hydrogen-bond acceptors (Lipinski definition) is 3. The summed E-state index contributed by atoms with van der Waals surface area (Å²) in [5, 5.41) is 4.93. The molecule has 1 heterocycles. The first-order valence-electron chi connectivity index (χ1n) is 5.46. The van der Waals surface area contributed by atoms with E-state index in [0.29, 0.717) is 4.88 Å². The van der Waals surface area contributed by atoms with Gasteiger partial charge in [0.2, 0.25) is 0 Å². The molecule has 3 nitrogen and oxygen atoms in total. The molecule has 1 aliphatic rings. The SMILES string of the molecule is Cc1ncc(C(=O)NC2(CBr)CCCC2)s1.